The third kappa shape index (κ3) is 4.07. The molecule has 0 bridgehead atoms. The van der Waals surface area contributed by atoms with Crippen LogP contribution in [0.5, 0.6) is 0 Å². The highest BCUT2D eigenvalue weighted by Gasteiger charge is 2.26. The van der Waals surface area contributed by atoms with Gasteiger partial charge in [-0.2, -0.15) is 11.3 Å². The first-order valence-corrected chi connectivity index (χ1v) is 8.63. The van der Waals surface area contributed by atoms with E-state index in [-0.39, 0.29) is 22.8 Å². The number of hydrogen-bond acceptors (Lipinski definition) is 5. The Balaban J connectivity index is 1.96. The summed E-state index contributed by atoms with van der Waals surface area (Å²) < 4.78 is 5.32. The van der Waals surface area contributed by atoms with Crippen LogP contribution >= 0.6 is 22.9 Å². The molecule has 0 N–H and O–H groups in total. The average molecular weight is 377 g/mol. The van der Waals surface area contributed by atoms with Gasteiger partial charge in [0.1, 0.15) is 11.3 Å². The van der Waals surface area contributed by atoms with Gasteiger partial charge < -0.3 is 9.32 Å². The van der Waals surface area contributed by atoms with Crippen molar-refractivity contribution in [1.29, 1.82) is 0 Å². The van der Waals surface area contributed by atoms with Crippen LogP contribution in [0.2, 0.25) is 5.02 Å². The molecular weight excluding hydrogens is 364 g/mol. The number of halogens is 1. The van der Waals surface area contributed by atoms with Gasteiger partial charge in [0.2, 0.25) is 0 Å². The van der Waals surface area contributed by atoms with Crippen LogP contribution in [-0.2, 0) is 13.1 Å². The van der Waals surface area contributed by atoms with Crippen LogP contribution in [0.4, 0.5) is 5.69 Å². The second kappa shape index (κ2) is 7.50. The normalized spacial score (nSPS) is 10.6. The van der Waals surface area contributed by atoms with E-state index in [1.165, 1.54) is 40.7 Å². The van der Waals surface area contributed by atoms with Gasteiger partial charge in [-0.3, -0.25) is 14.9 Å². The van der Waals surface area contributed by atoms with Crippen LogP contribution in [0.25, 0.3) is 0 Å². The van der Waals surface area contributed by atoms with Crippen molar-refractivity contribution in [3.05, 3.63) is 85.4 Å². The summed E-state index contributed by atoms with van der Waals surface area (Å²) in [7, 11) is 0. The topological polar surface area (TPSA) is 76.6 Å². The van der Waals surface area contributed by atoms with E-state index in [4.69, 9.17) is 16.0 Å². The Morgan fingerprint density at radius 3 is 2.76 bits per heavy atom. The number of benzene rings is 1. The summed E-state index contributed by atoms with van der Waals surface area (Å²) in [5.74, 6) is 0.116. The lowest BCUT2D eigenvalue weighted by Crippen LogP contribution is -2.30. The summed E-state index contributed by atoms with van der Waals surface area (Å²) in [5.41, 5.74) is 0.623. The second-order valence-corrected chi connectivity index (χ2v) is 6.51. The van der Waals surface area contributed by atoms with Crippen LogP contribution < -0.4 is 0 Å². The summed E-state index contributed by atoms with van der Waals surface area (Å²) >= 11 is 7.46. The molecular formula is C17H13ClN2O4S. The zero-order chi connectivity index (χ0) is 17.8. The third-order valence-corrected chi connectivity index (χ3v) is 4.52. The highest BCUT2D eigenvalue weighted by Crippen LogP contribution is 2.26. The zero-order valence-electron chi connectivity index (χ0n) is 12.9. The number of nitrogens with zero attached hydrogens (tertiary/aromatic N) is 2. The first-order chi connectivity index (χ1) is 12.0. The fourth-order valence-electron chi connectivity index (χ4n) is 2.40. The number of amides is 1. The van der Waals surface area contributed by atoms with Crippen LogP contribution in [0.3, 0.4) is 0 Å². The summed E-state index contributed by atoms with van der Waals surface area (Å²) in [4.78, 5) is 25.2. The quantitative estimate of drug-likeness (QED) is 0.459. The molecule has 3 aromatic rings. The summed E-state index contributed by atoms with van der Waals surface area (Å²) in [6.07, 6.45) is 1.52. The molecule has 0 fully saturated rings. The minimum Gasteiger partial charge on any atom is -0.467 e. The van der Waals surface area contributed by atoms with Crippen molar-refractivity contribution in [3.63, 3.8) is 0 Å². The van der Waals surface area contributed by atoms with E-state index >= 15 is 0 Å². The minimum atomic E-state index is -0.584. The van der Waals surface area contributed by atoms with Crippen LogP contribution in [0.15, 0.2) is 57.8 Å². The van der Waals surface area contributed by atoms with E-state index in [9.17, 15) is 14.9 Å². The van der Waals surface area contributed by atoms with Gasteiger partial charge in [-0.25, -0.2) is 0 Å². The molecule has 0 spiro atoms. The maximum absolute atomic E-state index is 13.0. The highest BCUT2D eigenvalue weighted by molar-refractivity contribution is 7.07. The van der Waals surface area contributed by atoms with Crippen molar-refractivity contribution in [2.45, 2.75) is 13.1 Å². The number of nitro groups is 1. The number of hydrogen-bond donors (Lipinski definition) is 0. The first-order valence-electron chi connectivity index (χ1n) is 7.31. The van der Waals surface area contributed by atoms with E-state index in [1.807, 2.05) is 16.8 Å². The van der Waals surface area contributed by atoms with E-state index < -0.39 is 10.8 Å². The van der Waals surface area contributed by atoms with Gasteiger partial charge in [0.15, 0.2) is 0 Å². The van der Waals surface area contributed by atoms with Crippen LogP contribution in [-0.4, -0.2) is 15.7 Å². The molecule has 3 rings (SSSR count). The molecule has 25 heavy (non-hydrogen) atoms. The minimum absolute atomic E-state index is 0.0423. The number of furan rings is 1. The lowest BCUT2D eigenvalue weighted by Gasteiger charge is -2.21. The average Bonchev–Trinajstić information content (AvgIpc) is 3.27. The first kappa shape index (κ1) is 17.2. The SMILES string of the molecule is O=C(c1cc(Cl)ccc1[N+](=O)[O-])N(Cc1ccsc1)Cc1ccco1. The number of thiophene rings is 1. The predicted octanol–water partition coefficient (Wildman–Crippen LogP) is 4.75. The van der Waals surface area contributed by atoms with E-state index in [0.29, 0.717) is 12.3 Å². The molecule has 0 unspecified atom stereocenters. The molecule has 1 aromatic carbocycles. The van der Waals surface area contributed by atoms with Gasteiger partial charge in [0, 0.05) is 17.6 Å². The Kier molecular flexibility index (Phi) is 5.16. The summed E-state index contributed by atoms with van der Waals surface area (Å²) in [5, 5.41) is 15.4. The summed E-state index contributed by atoms with van der Waals surface area (Å²) in [6.45, 7) is 0.512. The number of carbonyl (C=O) groups excluding carboxylic acids is 1. The molecule has 1 amide bonds. The highest BCUT2D eigenvalue weighted by atomic mass is 35.5. The number of rotatable bonds is 6. The Labute approximate surface area is 152 Å². The van der Waals surface area contributed by atoms with Gasteiger partial charge >= 0.3 is 0 Å². The fourth-order valence-corrected chi connectivity index (χ4v) is 3.23. The lowest BCUT2D eigenvalue weighted by atomic mass is 10.1. The van der Waals surface area contributed by atoms with Crippen molar-refractivity contribution in [1.82, 2.24) is 4.90 Å². The Morgan fingerprint density at radius 1 is 1.28 bits per heavy atom. The van der Waals surface area contributed by atoms with E-state index in [2.05, 4.69) is 0 Å². The van der Waals surface area contributed by atoms with Crippen molar-refractivity contribution in [2.75, 3.05) is 0 Å². The smallest absolute Gasteiger partial charge is 0.282 e. The molecule has 0 atom stereocenters. The maximum atomic E-state index is 13.0. The van der Waals surface area contributed by atoms with Gasteiger partial charge in [0.05, 0.1) is 17.7 Å². The standard InChI is InChI=1S/C17H13ClN2O4S/c18-13-3-4-16(20(22)23)15(8-13)17(21)19(9-12-5-7-25-11-12)10-14-2-1-6-24-14/h1-8,11H,9-10H2. The molecule has 6 nitrogen and oxygen atoms in total. The summed E-state index contributed by atoms with van der Waals surface area (Å²) in [6, 6.07) is 9.34. The molecule has 0 aliphatic rings. The Bertz CT molecular complexity index is 842. The molecule has 0 aliphatic carbocycles. The molecule has 0 radical (unpaired) electrons. The second-order valence-electron chi connectivity index (χ2n) is 5.29. The van der Waals surface area contributed by atoms with E-state index in [1.54, 1.807) is 12.1 Å². The Hall–Kier alpha value is -2.64. The monoisotopic (exact) mass is 376 g/mol. The van der Waals surface area contributed by atoms with Crippen LogP contribution in [0.1, 0.15) is 21.7 Å². The third-order valence-electron chi connectivity index (χ3n) is 3.55. The number of carbonyl (C=O) groups is 1. The molecule has 0 aliphatic heterocycles. The fraction of sp³-hybridized carbons (Fsp3) is 0.118. The van der Waals surface area contributed by atoms with Crippen molar-refractivity contribution >= 4 is 34.5 Å². The van der Waals surface area contributed by atoms with Gasteiger partial charge in [0.25, 0.3) is 11.6 Å². The van der Waals surface area contributed by atoms with E-state index in [0.717, 1.165) is 5.56 Å². The molecule has 2 heterocycles. The predicted molar refractivity (Wildman–Crippen MR) is 94.7 cm³/mol. The number of nitro benzene ring substituents is 1. The van der Waals surface area contributed by atoms with Gasteiger partial charge in [-0.15, -0.1) is 0 Å². The molecule has 128 valence electrons. The van der Waals surface area contributed by atoms with Crippen LogP contribution in [0, 0.1) is 10.1 Å². The largest absolute Gasteiger partial charge is 0.467 e. The molecule has 0 saturated heterocycles. The van der Waals surface area contributed by atoms with Crippen molar-refractivity contribution in [2.24, 2.45) is 0 Å². The van der Waals surface area contributed by atoms with Crippen molar-refractivity contribution in [3.8, 4) is 0 Å². The van der Waals surface area contributed by atoms with Gasteiger partial charge in [-0.1, -0.05) is 11.6 Å². The molecule has 0 saturated carbocycles. The van der Waals surface area contributed by atoms with Gasteiger partial charge in [-0.05, 0) is 46.7 Å². The molecule has 8 heteroatoms. The van der Waals surface area contributed by atoms with Crippen molar-refractivity contribution < 1.29 is 14.1 Å². The Morgan fingerprint density at radius 2 is 2.12 bits per heavy atom. The molecule has 2 aromatic heterocycles. The zero-order valence-corrected chi connectivity index (χ0v) is 14.5. The maximum Gasteiger partial charge on any atom is 0.282 e. The lowest BCUT2D eigenvalue weighted by molar-refractivity contribution is -0.385.